The minimum absolute atomic E-state index is 0.0131. The van der Waals surface area contributed by atoms with Crippen molar-refractivity contribution in [1.29, 1.82) is 0 Å². The van der Waals surface area contributed by atoms with Gasteiger partial charge >= 0.3 is 0 Å². The molecule has 0 aromatic heterocycles. The first-order chi connectivity index (χ1) is 7.04. The van der Waals surface area contributed by atoms with Crippen LogP contribution >= 0.6 is 0 Å². The highest BCUT2D eigenvalue weighted by Crippen LogP contribution is 2.08. The number of hydrogen-bond donors (Lipinski definition) is 2. The van der Waals surface area contributed by atoms with Gasteiger partial charge in [0.1, 0.15) is 0 Å². The zero-order chi connectivity index (χ0) is 11.7. The molecule has 1 amide bonds. The summed E-state index contributed by atoms with van der Waals surface area (Å²) in [5.41, 5.74) is 5.20. The van der Waals surface area contributed by atoms with Crippen molar-refractivity contribution in [3.05, 3.63) is 0 Å². The number of carbonyl (C=O) groups excluding carboxylic acids is 1. The molecule has 0 bridgehead atoms. The summed E-state index contributed by atoms with van der Waals surface area (Å²) in [6.45, 7) is 6.78. The number of hydrogen-bond acceptors (Lipinski definition) is 2. The van der Waals surface area contributed by atoms with E-state index in [4.69, 9.17) is 5.73 Å². The summed E-state index contributed by atoms with van der Waals surface area (Å²) < 4.78 is 0. The van der Waals surface area contributed by atoms with Gasteiger partial charge in [-0.2, -0.15) is 0 Å². The summed E-state index contributed by atoms with van der Waals surface area (Å²) in [6, 6.07) is 0. The minimum Gasteiger partial charge on any atom is -0.355 e. The Morgan fingerprint density at radius 1 is 1.20 bits per heavy atom. The van der Waals surface area contributed by atoms with E-state index in [0.717, 1.165) is 25.8 Å². The molecule has 0 fully saturated rings. The van der Waals surface area contributed by atoms with Crippen molar-refractivity contribution in [3.63, 3.8) is 0 Å². The SMILES string of the molecule is CCCCCCNC(=O)C(C)(N)CCC. The van der Waals surface area contributed by atoms with Gasteiger partial charge in [-0.1, -0.05) is 39.5 Å². The van der Waals surface area contributed by atoms with Crippen LogP contribution < -0.4 is 11.1 Å². The lowest BCUT2D eigenvalue weighted by Crippen LogP contribution is -2.51. The van der Waals surface area contributed by atoms with Crippen molar-refractivity contribution in [2.45, 2.75) is 64.8 Å². The molecular formula is C12H26N2O. The third kappa shape index (κ3) is 6.50. The Labute approximate surface area is 93.8 Å². The standard InChI is InChI=1S/C12H26N2O/c1-4-6-7-8-10-14-11(15)12(3,13)9-5-2/h4-10,13H2,1-3H3,(H,14,15). The van der Waals surface area contributed by atoms with Crippen molar-refractivity contribution in [2.24, 2.45) is 5.73 Å². The average Bonchev–Trinajstić information content (AvgIpc) is 2.17. The molecule has 0 saturated heterocycles. The van der Waals surface area contributed by atoms with Crippen molar-refractivity contribution in [1.82, 2.24) is 5.32 Å². The molecule has 0 saturated carbocycles. The van der Waals surface area contributed by atoms with Crippen LogP contribution in [0.2, 0.25) is 0 Å². The van der Waals surface area contributed by atoms with E-state index in [1.807, 2.05) is 6.92 Å². The predicted molar refractivity (Wildman–Crippen MR) is 64.7 cm³/mol. The molecule has 0 aliphatic heterocycles. The highest BCUT2D eigenvalue weighted by atomic mass is 16.2. The molecule has 0 radical (unpaired) electrons. The Balaban J connectivity index is 3.64. The van der Waals surface area contributed by atoms with Crippen LogP contribution in [0.5, 0.6) is 0 Å². The smallest absolute Gasteiger partial charge is 0.239 e. The number of amides is 1. The maximum atomic E-state index is 11.7. The van der Waals surface area contributed by atoms with Gasteiger partial charge in [0.2, 0.25) is 5.91 Å². The van der Waals surface area contributed by atoms with Crippen LogP contribution in [0.1, 0.15) is 59.3 Å². The summed E-state index contributed by atoms with van der Waals surface area (Å²) in [5, 5.41) is 2.90. The number of nitrogens with two attached hydrogens (primary N) is 1. The lowest BCUT2D eigenvalue weighted by molar-refractivity contribution is -0.126. The highest BCUT2D eigenvalue weighted by molar-refractivity contribution is 5.85. The van der Waals surface area contributed by atoms with Crippen molar-refractivity contribution in [3.8, 4) is 0 Å². The fraction of sp³-hybridized carbons (Fsp3) is 0.917. The lowest BCUT2D eigenvalue weighted by atomic mass is 9.96. The first-order valence-electron chi connectivity index (χ1n) is 6.11. The Morgan fingerprint density at radius 3 is 2.40 bits per heavy atom. The van der Waals surface area contributed by atoms with Crippen molar-refractivity contribution >= 4 is 5.91 Å². The molecule has 15 heavy (non-hydrogen) atoms. The van der Waals surface area contributed by atoms with Gasteiger partial charge in [0.15, 0.2) is 0 Å². The third-order valence-corrected chi connectivity index (χ3v) is 2.60. The Morgan fingerprint density at radius 2 is 1.87 bits per heavy atom. The second-order valence-electron chi connectivity index (χ2n) is 4.48. The van der Waals surface area contributed by atoms with E-state index in [0.29, 0.717) is 0 Å². The molecule has 3 heteroatoms. The Bertz CT molecular complexity index is 178. The van der Waals surface area contributed by atoms with Gasteiger partial charge in [0.05, 0.1) is 5.54 Å². The minimum atomic E-state index is -0.695. The van der Waals surface area contributed by atoms with Crippen LogP contribution in [0.4, 0.5) is 0 Å². The fourth-order valence-corrected chi connectivity index (χ4v) is 1.59. The average molecular weight is 214 g/mol. The first kappa shape index (κ1) is 14.4. The molecule has 1 atom stereocenters. The molecule has 0 aliphatic rings. The topological polar surface area (TPSA) is 55.1 Å². The molecule has 0 rings (SSSR count). The van der Waals surface area contributed by atoms with E-state index in [2.05, 4.69) is 12.2 Å². The van der Waals surface area contributed by atoms with Crippen LogP contribution in [0.3, 0.4) is 0 Å². The number of carbonyl (C=O) groups is 1. The van der Waals surface area contributed by atoms with E-state index in [1.165, 1.54) is 19.3 Å². The first-order valence-corrected chi connectivity index (χ1v) is 6.11. The normalized spacial score (nSPS) is 14.7. The largest absolute Gasteiger partial charge is 0.355 e. The molecule has 0 aromatic carbocycles. The zero-order valence-electron chi connectivity index (χ0n) is 10.4. The van der Waals surface area contributed by atoms with Gasteiger partial charge in [-0.25, -0.2) is 0 Å². The number of nitrogens with one attached hydrogen (secondary N) is 1. The quantitative estimate of drug-likeness (QED) is 0.609. The van der Waals surface area contributed by atoms with Crippen molar-refractivity contribution < 1.29 is 4.79 Å². The van der Waals surface area contributed by atoms with E-state index in [-0.39, 0.29) is 5.91 Å². The molecular weight excluding hydrogens is 188 g/mol. The summed E-state index contributed by atoms with van der Waals surface area (Å²) in [5.74, 6) is -0.0131. The van der Waals surface area contributed by atoms with Crippen LogP contribution in [-0.4, -0.2) is 18.0 Å². The molecule has 3 nitrogen and oxygen atoms in total. The van der Waals surface area contributed by atoms with Gasteiger partial charge in [-0.3, -0.25) is 4.79 Å². The van der Waals surface area contributed by atoms with Crippen LogP contribution in [0.25, 0.3) is 0 Å². The lowest BCUT2D eigenvalue weighted by Gasteiger charge is -2.22. The molecule has 1 unspecified atom stereocenters. The molecule has 3 N–H and O–H groups in total. The predicted octanol–water partition coefficient (Wildman–Crippen LogP) is 2.20. The summed E-state index contributed by atoms with van der Waals surface area (Å²) in [4.78, 5) is 11.7. The van der Waals surface area contributed by atoms with E-state index >= 15 is 0 Å². The number of unbranched alkanes of at least 4 members (excludes halogenated alkanes) is 3. The molecule has 0 aliphatic carbocycles. The van der Waals surface area contributed by atoms with Gasteiger partial charge < -0.3 is 11.1 Å². The maximum Gasteiger partial charge on any atom is 0.239 e. The second kappa shape index (κ2) is 7.69. The summed E-state index contributed by atoms with van der Waals surface area (Å²) in [7, 11) is 0. The van der Waals surface area contributed by atoms with Gasteiger partial charge in [-0.05, 0) is 19.8 Å². The van der Waals surface area contributed by atoms with Gasteiger partial charge in [0.25, 0.3) is 0 Å². The molecule has 0 aromatic rings. The monoisotopic (exact) mass is 214 g/mol. The summed E-state index contributed by atoms with van der Waals surface area (Å²) in [6.07, 6.45) is 6.39. The van der Waals surface area contributed by atoms with Crippen LogP contribution in [-0.2, 0) is 4.79 Å². The molecule has 0 heterocycles. The second-order valence-corrected chi connectivity index (χ2v) is 4.48. The Hall–Kier alpha value is -0.570. The fourth-order valence-electron chi connectivity index (χ4n) is 1.59. The molecule has 90 valence electrons. The van der Waals surface area contributed by atoms with E-state index in [1.54, 1.807) is 6.92 Å². The number of rotatable bonds is 8. The van der Waals surface area contributed by atoms with Crippen molar-refractivity contribution in [2.75, 3.05) is 6.54 Å². The maximum absolute atomic E-state index is 11.7. The zero-order valence-corrected chi connectivity index (χ0v) is 10.4. The van der Waals surface area contributed by atoms with Gasteiger partial charge in [-0.15, -0.1) is 0 Å². The summed E-state index contributed by atoms with van der Waals surface area (Å²) >= 11 is 0. The molecule has 0 spiro atoms. The van der Waals surface area contributed by atoms with E-state index in [9.17, 15) is 4.79 Å². The van der Waals surface area contributed by atoms with E-state index < -0.39 is 5.54 Å². The van der Waals surface area contributed by atoms with Crippen LogP contribution in [0.15, 0.2) is 0 Å². The van der Waals surface area contributed by atoms with Crippen LogP contribution in [0, 0.1) is 0 Å². The Kier molecular flexibility index (Phi) is 7.39. The van der Waals surface area contributed by atoms with Gasteiger partial charge in [0, 0.05) is 6.54 Å². The highest BCUT2D eigenvalue weighted by Gasteiger charge is 2.26. The third-order valence-electron chi connectivity index (χ3n) is 2.60.